The van der Waals surface area contributed by atoms with Crippen LogP contribution in [-0.2, 0) is 9.53 Å². The summed E-state index contributed by atoms with van der Waals surface area (Å²) in [4.78, 5) is 23.1. The van der Waals surface area contributed by atoms with Crippen molar-refractivity contribution >= 4 is 23.3 Å². The minimum Gasteiger partial charge on any atom is -0.451 e. The highest BCUT2D eigenvalue weighted by Gasteiger charge is 2.36. The smallest absolute Gasteiger partial charge is 0.295 e. The number of rotatable bonds is 4. The van der Waals surface area contributed by atoms with Crippen LogP contribution in [0.25, 0.3) is 11.0 Å². The maximum atomic E-state index is 12.4. The molecule has 1 saturated carbocycles. The molecule has 3 rings (SSSR count). The first kappa shape index (κ1) is 13.7. The lowest BCUT2D eigenvalue weighted by atomic mass is 9.91. The SMILES string of the molecule is O=COC1(NC(=O)c2cc3ccccc3o2)CCCCC1. The van der Waals surface area contributed by atoms with Crippen molar-refractivity contribution in [1.29, 1.82) is 0 Å². The van der Waals surface area contributed by atoms with Gasteiger partial charge in [-0.2, -0.15) is 0 Å². The average Bonchev–Trinajstić information content (AvgIpc) is 2.92. The standard InChI is InChI=1S/C16H17NO4/c18-11-20-16(8-4-1-5-9-16)17-15(19)14-10-12-6-2-3-7-13(12)21-14/h2-3,6-7,10-11H,1,4-5,8-9H2,(H,17,19). The van der Waals surface area contributed by atoms with E-state index in [1.807, 2.05) is 24.3 Å². The Morgan fingerprint density at radius 1 is 1.24 bits per heavy atom. The monoisotopic (exact) mass is 287 g/mol. The molecule has 0 radical (unpaired) electrons. The molecule has 0 spiro atoms. The van der Waals surface area contributed by atoms with Crippen LogP contribution in [0.1, 0.15) is 42.7 Å². The summed E-state index contributed by atoms with van der Waals surface area (Å²) in [6.45, 7) is 0.407. The zero-order chi connectivity index (χ0) is 14.7. The van der Waals surface area contributed by atoms with Crippen LogP contribution in [0.15, 0.2) is 34.7 Å². The maximum Gasteiger partial charge on any atom is 0.295 e. The van der Waals surface area contributed by atoms with E-state index in [1.54, 1.807) is 6.07 Å². The van der Waals surface area contributed by atoms with Gasteiger partial charge in [-0.05, 0) is 25.0 Å². The number of carbonyl (C=O) groups excluding carboxylic acids is 2. The van der Waals surface area contributed by atoms with Crippen molar-refractivity contribution in [3.8, 4) is 0 Å². The molecule has 5 heteroatoms. The molecular weight excluding hydrogens is 270 g/mol. The van der Waals surface area contributed by atoms with Gasteiger partial charge >= 0.3 is 0 Å². The normalized spacial score (nSPS) is 17.3. The second-order valence-electron chi connectivity index (χ2n) is 5.37. The number of furan rings is 1. The van der Waals surface area contributed by atoms with E-state index in [-0.39, 0.29) is 11.7 Å². The number of amides is 1. The molecular formula is C16H17NO4. The van der Waals surface area contributed by atoms with Gasteiger partial charge in [0.25, 0.3) is 12.4 Å². The lowest BCUT2D eigenvalue weighted by Crippen LogP contribution is -2.51. The molecule has 0 unspecified atom stereocenters. The summed E-state index contributed by atoms with van der Waals surface area (Å²) in [6, 6.07) is 9.13. The molecule has 1 aliphatic carbocycles. The zero-order valence-corrected chi connectivity index (χ0v) is 11.6. The Hall–Kier alpha value is -2.30. The Bertz CT molecular complexity index is 622. The number of benzene rings is 1. The van der Waals surface area contributed by atoms with Crippen molar-refractivity contribution in [2.75, 3.05) is 0 Å². The molecule has 1 N–H and O–H groups in total. The number of carbonyl (C=O) groups is 2. The predicted octanol–water partition coefficient (Wildman–Crippen LogP) is 3.00. The van der Waals surface area contributed by atoms with Gasteiger partial charge in [0.15, 0.2) is 11.5 Å². The van der Waals surface area contributed by atoms with E-state index in [0.717, 1.165) is 24.6 Å². The number of nitrogens with one attached hydrogen (secondary N) is 1. The number of hydrogen-bond donors (Lipinski definition) is 1. The van der Waals surface area contributed by atoms with Crippen LogP contribution in [0.4, 0.5) is 0 Å². The molecule has 1 aromatic heterocycles. The molecule has 5 nitrogen and oxygen atoms in total. The number of para-hydroxylation sites is 1. The first-order chi connectivity index (χ1) is 10.2. The summed E-state index contributed by atoms with van der Waals surface area (Å²) in [7, 11) is 0. The van der Waals surface area contributed by atoms with E-state index in [4.69, 9.17) is 9.15 Å². The molecule has 0 saturated heterocycles. The van der Waals surface area contributed by atoms with E-state index in [0.29, 0.717) is 24.9 Å². The molecule has 1 aromatic carbocycles. The van der Waals surface area contributed by atoms with Crippen LogP contribution < -0.4 is 5.32 Å². The molecule has 0 atom stereocenters. The van der Waals surface area contributed by atoms with Crippen LogP contribution in [0.5, 0.6) is 0 Å². The fourth-order valence-electron chi connectivity index (χ4n) is 2.85. The van der Waals surface area contributed by atoms with Crippen molar-refractivity contribution in [2.24, 2.45) is 0 Å². The fourth-order valence-corrected chi connectivity index (χ4v) is 2.85. The topological polar surface area (TPSA) is 68.5 Å². The largest absolute Gasteiger partial charge is 0.451 e. The molecule has 1 heterocycles. The van der Waals surface area contributed by atoms with Gasteiger partial charge in [-0.3, -0.25) is 9.59 Å². The Balaban J connectivity index is 1.81. The van der Waals surface area contributed by atoms with Gasteiger partial charge in [-0.1, -0.05) is 24.6 Å². The van der Waals surface area contributed by atoms with Crippen molar-refractivity contribution < 1.29 is 18.7 Å². The van der Waals surface area contributed by atoms with E-state index < -0.39 is 5.72 Å². The number of hydrogen-bond acceptors (Lipinski definition) is 4. The van der Waals surface area contributed by atoms with Crippen molar-refractivity contribution in [1.82, 2.24) is 5.32 Å². The predicted molar refractivity (Wildman–Crippen MR) is 76.6 cm³/mol. The van der Waals surface area contributed by atoms with Crippen molar-refractivity contribution in [2.45, 2.75) is 37.8 Å². The summed E-state index contributed by atoms with van der Waals surface area (Å²) >= 11 is 0. The summed E-state index contributed by atoms with van der Waals surface area (Å²) in [5.74, 6) is -0.120. The number of fused-ring (bicyclic) bond motifs is 1. The highest BCUT2D eigenvalue weighted by Crippen LogP contribution is 2.29. The third-order valence-electron chi connectivity index (χ3n) is 3.93. The van der Waals surface area contributed by atoms with Crippen molar-refractivity contribution in [3.63, 3.8) is 0 Å². The molecule has 2 aromatic rings. The van der Waals surface area contributed by atoms with Crippen LogP contribution in [0.3, 0.4) is 0 Å². The van der Waals surface area contributed by atoms with Gasteiger partial charge in [0.2, 0.25) is 0 Å². The third kappa shape index (κ3) is 2.77. The lowest BCUT2D eigenvalue weighted by Gasteiger charge is -2.35. The average molecular weight is 287 g/mol. The van der Waals surface area contributed by atoms with E-state index in [1.165, 1.54) is 0 Å². The van der Waals surface area contributed by atoms with Gasteiger partial charge in [0.05, 0.1) is 0 Å². The Labute approximate surface area is 122 Å². The minimum atomic E-state index is -0.893. The van der Waals surface area contributed by atoms with Crippen LogP contribution in [-0.4, -0.2) is 18.1 Å². The Morgan fingerprint density at radius 2 is 2.00 bits per heavy atom. The zero-order valence-electron chi connectivity index (χ0n) is 11.6. The molecule has 110 valence electrons. The quantitative estimate of drug-likeness (QED) is 0.693. The molecule has 0 aliphatic heterocycles. The Kier molecular flexibility index (Phi) is 3.64. The highest BCUT2D eigenvalue weighted by molar-refractivity contribution is 5.96. The van der Waals surface area contributed by atoms with Gasteiger partial charge < -0.3 is 14.5 Å². The first-order valence-electron chi connectivity index (χ1n) is 7.15. The van der Waals surface area contributed by atoms with Gasteiger partial charge in [-0.15, -0.1) is 0 Å². The van der Waals surface area contributed by atoms with E-state index >= 15 is 0 Å². The molecule has 1 aliphatic rings. The van der Waals surface area contributed by atoms with Gasteiger partial charge in [0.1, 0.15) is 5.58 Å². The van der Waals surface area contributed by atoms with Gasteiger partial charge in [-0.25, -0.2) is 0 Å². The molecule has 1 amide bonds. The molecule has 1 fully saturated rings. The van der Waals surface area contributed by atoms with E-state index in [9.17, 15) is 9.59 Å². The first-order valence-corrected chi connectivity index (χ1v) is 7.15. The molecule has 0 bridgehead atoms. The Morgan fingerprint density at radius 3 is 2.71 bits per heavy atom. The summed E-state index contributed by atoms with van der Waals surface area (Å²) in [5.41, 5.74) is -0.229. The summed E-state index contributed by atoms with van der Waals surface area (Å²) < 4.78 is 10.7. The second kappa shape index (κ2) is 5.60. The summed E-state index contributed by atoms with van der Waals surface area (Å²) in [5, 5.41) is 3.70. The third-order valence-corrected chi connectivity index (χ3v) is 3.93. The van der Waals surface area contributed by atoms with Crippen LogP contribution in [0.2, 0.25) is 0 Å². The van der Waals surface area contributed by atoms with E-state index in [2.05, 4.69) is 5.32 Å². The number of ether oxygens (including phenoxy) is 1. The fraction of sp³-hybridized carbons (Fsp3) is 0.375. The molecule has 21 heavy (non-hydrogen) atoms. The van der Waals surface area contributed by atoms with Gasteiger partial charge in [0, 0.05) is 18.2 Å². The van der Waals surface area contributed by atoms with Crippen LogP contribution >= 0.6 is 0 Å². The maximum absolute atomic E-state index is 12.4. The minimum absolute atomic E-state index is 0.232. The second-order valence-corrected chi connectivity index (χ2v) is 5.37. The van der Waals surface area contributed by atoms with Crippen molar-refractivity contribution in [3.05, 3.63) is 36.1 Å². The summed E-state index contributed by atoms with van der Waals surface area (Å²) in [6.07, 6.45) is 4.21. The van der Waals surface area contributed by atoms with Crippen LogP contribution in [0, 0.1) is 0 Å². The lowest BCUT2D eigenvalue weighted by molar-refractivity contribution is -0.149. The highest BCUT2D eigenvalue weighted by atomic mass is 16.6.